The molecule has 0 spiro atoms. The lowest BCUT2D eigenvalue weighted by Gasteiger charge is -2.36. The number of hydrogen-bond acceptors (Lipinski definition) is 2. The van der Waals surface area contributed by atoms with E-state index >= 15 is 0 Å². The van der Waals surface area contributed by atoms with Crippen LogP contribution < -0.4 is 5.73 Å². The monoisotopic (exact) mass is 249 g/mol. The molecule has 1 aliphatic carbocycles. The van der Waals surface area contributed by atoms with Crippen LogP contribution in [0.5, 0.6) is 0 Å². The third-order valence-electron chi connectivity index (χ3n) is 4.38. The number of nitrogens with two attached hydrogens (primary N) is 1. The standard InChI is InChI=1S/C15H27N3/c1-4-13-10-14(18(5-2)17-13)11-15(16)8-6-12(3)7-9-15/h10,12H,4-9,11,16H2,1-3H3. The summed E-state index contributed by atoms with van der Waals surface area (Å²) < 4.78 is 2.13. The Balaban J connectivity index is 2.10. The van der Waals surface area contributed by atoms with Crippen LogP contribution in [-0.2, 0) is 19.4 Å². The molecule has 0 saturated heterocycles. The van der Waals surface area contributed by atoms with Gasteiger partial charge in [0.05, 0.1) is 5.69 Å². The number of aromatic nitrogens is 2. The highest BCUT2D eigenvalue weighted by Crippen LogP contribution is 2.32. The molecule has 2 N–H and O–H groups in total. The van der Waals surface area contributed by atoms with E-state index in [2.05, 4.69) is 36.6 Å². The van der Waals surface area contributed by atoms with Crippen LogP contribution in [0.1, 0.15) is 57.8 Å². The minimum atomic E-state index is 0.00444. The lowest BCUT2D eigenvalue weighted by Crippen LogP contribution is -2.45. The first-order valence-corrected chi connectivity index (χ1v) is 7.41. The average Bonchev–Trinajstić information content (AvgIpc) is 2.75. The largest absolute Gasteiger partial charge is 0.325 e. The van der Waals surface area contributed by atoms with Crippen molar-refractivity contribution < 1.29 is 0 Å². The molecule has 0 aromatic carbocycles. The minimum Gasteiger partial charge on any atom is -0.325 e. The Morgan fingerprint density at radius 2 is 2.06 bits per heavy atom. The molecular formula is C15H27N3. The third-order valence-corrected chi connectivity index (χ3v) is 4.38. The summed E-state index contributed by atoms with van der Waals surface area (Å²) in [5.74, 6) is 0.851. The summed E-state index contributed by atoms with van der Waals surface area (Å²) in [7, 11) is 0. The topological polar surface area (TPSA) is 43.8 Å². The molecule has 1 aromatic rings. The van der Waals surface area contributed by atoms with Crippen molar-refractivity contribution in [1.29, 1.82) is 0 Å². The zero-order chi connectivity index (χ0) is 13.2. The van der Waals surface area contributed by atoms with Crippen LogP contribution in [0.15, 0.2) is 6.07 Å². The van der Waals surface area contributed by atoms with E-state index in [1.54, 1.807) is 0 Å². The van der Waals surface area contributed by atoms with E-state index in [1.165, 1.54) is 24.2 Å². The Hall–Kier alpha value is -0.830. The van der Waals surface area contributed by atoms with Crippen molar-refractivity contribution in [3.8, 4) is 0 Å². The van der Waals surface area contributed by atoms with E-state index < -0.39 is 0 Å². The quantitative estimate of drug-likeness (QED) is 0.891. The van der Waals surface area contributed by atoms with Gasteiger partial charge in [0.25, 0.3) is 0 Å². The summed E-state index contributed by atoms with van der Waals surface area (Å²) in [6, 6.07) is 2.25. The summed E-state index contributed by atoms with van der Waals surface area (Å²) >= 11 is 0. The van der Waals surface area contributed by atoms with Crippen molar-refractivity contribution in [3.63, 3.8) is 0 Å². The molecule has 3 nitrogen and oxygen atoms in total. The molecule has 2 rings (SSSR count). The Kier molecular flexibility index (Phi) is 4.10. The minimum absolute atomic E-state index is 0.00444. The van der Waals surface area contributed by atoms with E-state index in [0.29, 0.717) is 0 Å². The third kappa shape index (κ3) is 2.94. The van der Waals surface area contributed by atoms with Crippen molar-refractivity contribution >= 4 is 0 Å². The Morgan fingerprint density at radius 3 is 2.61 bits per heavy atom. The average molecular weight is 249 g/mol. The molecule has 0 unspecified atom stereocenters. The molecule has 18 heavy (non-hydrogen) atoms. The van der Waals surface area contributed by atoms with Crippen LogP contribution >= 0.6 is 0 Å². The molecule has 1 heterocycles. The second-order valence-corrected chi connectivity index (χ2v) is 6.02. The molecule has 102 valence electrons. The van der Waals surface area contributed by atoms with Crippen LogP contribution in [0.2, 0.25) is 0 Å². The van der Waals surface area contributed by atoms with Crippen molar-refractivity contribution in [1.82, 2.24) is 9.78 Å². The number of aryl methyl sites for hydroxylation is 2. The van der Waals surface area contributed by atoms with E-state index in [0.717, 1.165) is 38.1 Å². The molecule has 1 aromatic heterocycles. The van der Waals surface area contributed by atoms with Gasteiger partial charge >= 0.3 is 0 Å². The van der Waals surface area contributed by atoms with Crippen molar-refractivity contribution in [3.05, 3.63) is 17.5 Å². The maximum Gasteiger partial charge on any atom is 0.0624 e. The van der Waals surface area contributed by atoms with E-state index in [1.807, 2.05) is 0 Å². The molecule has 1 aliphatic rings. The summed E-state index contributed by atoms with van der Waals surface area (Å²) in [5, 5.41) is 4.62. The summed E-state index contributed by atoms with van der Waals surface area (Å²) in [4.78, 5) is 0. The molecule has 3 heteroatoms. The highest BCUT2D eigenvalue weighted by molar-refractivity contribution is 5.14. The second kappa shape index (κ2) is 5.43. The molecule has 1 fully saturated rings. The molecule has 0 atom stereocenters. The maximum absolute atomic E-state index is 6.59. The second-order valence-electron chi connectivity index (χ2n) is 6.02. The van der Waals surface area contributed by atoms with Crippen LogP contribution in [0.3, 0.4) is 0 Å². The zero-order valence-corrected chi connectivity index (χ0v) is 12.1. The van der Waals surface area contributed by atoms with Gasteiger partial charge in [-0.25, -0.2) is 0 Å². The van der Waals surface area contributed by atoms with Crippen LogP contribution in [0.4, 0.5) is 0 Å². The van der Waals surface area contributed by atoms with Crippen LogP contribution in [0, 0.1) is 5.92 Å². The SMILES string of the molecule is CCc1cc(CC2(N)CCC(C)CC2)n(CC)n1. The first-order valence-electron chi connectivity index (χ1n) is 7.41. The fraction of sp³-hybridized carbons (Fsp3) is 0.800. The number of hydrogen-bond donors (Lipinski definition) is 1. The van der Waals surface area contributed by atoms with Crippen molar-refractivity contribution in [2.75, 3.05) is 0 Å². The van der Waals surface area contributed by atoms with Crippen LogP contribution in [0.25, 0.3) is 0 Å². The van der Waals surface area contributed by atoms with Gasteiger partial charge in [-0.15, -0.1) is 0 Å². The lowest BCUT2D eigenvalue weighted by atomic mass is 9.75. The van der Waals surface area contributed by atoms with Gasteiger partial charge < -0.3 is 5.73 Å². The predicted octanol–water partition coefficient (Wildman–Crippen LogP) is 2.92. The van der Waals surface area contributed by atoms with Crippen molar-refractivity contribution in [2.45, 2.75) is 71.4 Å². The summed E-state index contributed by atoms with van der Waals surface area (Å²) in [6.45, 7) is 7.60. The van der Waals surface area contributed by atoms with Gasteiger partial charge in [-0.05, 0) is 51.0 Å². The fourth-order valence-electron chi connectivity index (χ4n) is 2.98. The molecule has 0 radical (unpaired) electrons. The molecular weight excluding hydrogens is 222 g/mol. The summed E-state index contributed by atoms with van der Waals surface area (Å²) in [6.07, 6.45) is 6.86. The smallest absolute Gasteiger partial charge is 0.0624 e. The van der Waals surface area contributed by atoms with Crippen molar-refractivity contribution in [2.24, 2.45) is 11.7 Å². The Morgan fingerprint density at radius 1 is 1.39 bits per heavy atom. The first-order chi connectivity index (χ1) is 8.56. The van der Waals surface area contributed by atoms with Gasteiger partial charge in [0, 0.05) is 24.2 Å². The predicted molar refractivity (Wildman–Crippen MR) is 75.5 cm³/mol. The van der Waals surface area contributed by atoms with Gasteiger partial charge in [0.2, 0.25) is 0 Å². The molecule has 1 saturated carbocycles. The summed E-state index contributed by atoms with van der Waals surface area (Å²) in [5.41, 5.74) is 9.11. The van der Waals surface area contributed by atoms with E-state index in [-0.39, 0.29) is 5.54 Å². The van der Waals surface area contributed by atoms with Gasteiger partial charge in [-0.3, -0.25) is 4.68 Å². The maximum atomic E-state index is 6.59. The number of rotatable bonds is 4. The van der Waals surface area contributed by atoms with Gasteiger partial charge in [-0.2, -0.15) is 5.10 Å². The van der Waals surface area contributed by atoms with E-state index in [4.69, 9.17) is 5.73 Å². The Labute approximate surface area is 111 Å². The van der Waals surface area contributed by atoms with Crippen LogP contribution in [-0.4, -0.2) is 15.3 Å². The normalized spacial score (nSPS) is 28.6. The van der Waals surface area contributed by atoms with Gasteiger partial charge in [0.1, 0.15) is 0 Å². The Bertz CT molecular complexity index is 386. The molecule has 0 amide bonds. The van der Waals surface area contributed by atoms with Gasteiger partial charge in [-0.1, -0.05) is 13.8 Å². The zero-order valence-electron chi connectivity index (χ0n) is 12.1. The van der Waals surface area contributed by atoms with E-state index in [9.17, 15) is 0 Å². The number of nitrogens with zero attached hydrogens (tertiary/aromatic N) is 2. The lowest BCUT2D eigenvalue weighted by molar-refractivity contribution is 0.240. The van der Waals surface area contributed by atoms with Gasteiger partial charge in [0.15, 0.2) is 0 Å². The molecule has 0 aliphatic heterocycles. The fourth-order valence-corrected chi connectivity index (χ4v) is 2.98. The first kappa shape index (κ1) is 13.6. The highest BCUT2D eigenvalue weighted by Gasteiger charge is 2.31. The molecule has 0 bridgehead atoms. The highest BCUT2D eigenvalue weighted by atomic mass is 15.3.